The minimum Gasteiger partial charge on any atom is -0.325 e. The second kappa shape index (κ2) is 9.54. The van der Waals surface area contributed by atoms with Crippen molar-refractivity contribution in [1.29, 1.82) is 0 Å². The first-order valence-corrected chi connectivity index (χ1v) is 12.6. The molecule has 0 saturated heterocycles. The van der Waals surface area contributed by atoms with Gasteiger partial charge in [-0.15, -0.1) is 5.10 Å². The molecule has 2 aliphatic carbocycles. The van der Waals surface area contributed by atoms with Gasteiger partial charge in [-0.3, -0.25) is 19.5 Å². The molecule has 2 aliphatic rings. The zero-order chi connectivity index (χ0) is 23.7. The van der Waals surface area contributed by atoms with Gasteiger partial charge in [-0.1, -0.05) is 61.7 Å². The van der Waals surface area contributed by atoms with E-state index in [1.165, 1.54) is 37.4 Å². The molecule has 1 atom stereocenters. The van der Waals surface area contributed by atoms with Crippen molar-refractivity contribution in [1.82, 2.24) is 15.2 Å². The third-order valence-electron chi connectivity index (χ3n) is 6.62. The Bertz CT molecular complexity index is 1260. The highest BCUT2D eigenvalue weighted by molar-refractivity contribution is 8.00. The molecule has 5 rings (SSSR count). The summed E-state index contributed by atoms with van der Waals surface area (Å²) in [6, 6.07) is 11.6. The lowest BCUT2D eigenvalue weighted by Gasteiger charge is -2.18. The van der Waals surface area contributed by atoms with Gasteiger partial charge in [0.15, 0.2) is 11.6 Å². The number of amides is 1. The lowest BCUT2D eigenvalue weighted by atomic mass is 9.84. The van der Waals surface area contributed by atoms with Crippen LogP contribution in [-0.2, 0) is 11.2 Å². The van der Waals surface area contributed by atoms with Crippen LogP contribution in [0, 0.1) is 5.92 Å². The number of nitrogens with one attached hydrogen (secondary N) is 2. The zero-order valence-electron chi connectivity index (χ0n) is 19.0. The van der Waals surface area contributed by atoms with Crippen LogP contribution in [-0.4, -0.2) is 37.9 Å². The Hall–Kier alpha value is -3.26. The average molecular weight is 475 g/mol. The first kappa shape index (κ1) is 22.5. The number of carbonyl (C=O) groups excluding carboxylic acids is 3. The summed E-state index contributed by atoms with van der Waals surface area (Å²) in [7, 11) is 0. The number of carbonyl (C=O) groups is 3. The quantitative estimate of drug-likeness (QED) is 0.372. The zero-order valence-corrected chi connectivity index (χ0v) is 19.8. The molecule has 174 valence electrons. The lowest BCUT2D eigenvalue weighted by Crippen LogP contribution is -2.24. The van der Waals surface area contributed by atoms with Crippen molar-refractivity contribution in [2.24, 2.45) is 5.92 Å². The molecule has 1 fully saturated rings. The number of H-pyrrole nitrogens is 1. The summed E-state index contributed by atoms with van der Waals surface area (Å²) in [5.41, 5.74) is 1.94. The van der Waals surface area contributed by atoms with Crippen molar-refractivity contribution in [3.63, 3.8) is 0 Å². The van der Waals surface area contributed by atoms with E-state index in [2.05, 4.69) is 20.5 Å². The number of aromatic nitrogens is 3. The standard InChI is InChI=1S/C26H26N4O3S/c1-15(34-26-28-22(29-30-26)13-10-16-6-2-3-7-16)25(33)27-17-11-12-20-21(14-17)24(32)19-9-5-4-8-18(19)23(20)31/h4-5,8-9,11-12,14-16H,2-3,6-7,10,13H2,1H3,(H,27,33)(H,28,29,30). The van der Waals surface area contributed by atoms with E-state index in [0.717, 1.165) is 24.6 Å². The van der Waals surface area contributed by atoms with E-state index < -0.39 is 5.25 Å². The number of anilines is 1. The molecule has 2 aromatic carbocycles. The first-order valence-electron chi connectivity index (χ1n) is 11.7. The highest BCUT2D eigenvalue weighted by Gasteiger charge is 2.29. The number of ketones is 2. The second-order valence-corrected chi connectivity index (χ2v) is 10.3. The topological polar surface area (TPSA) is 105 Å². The molecule has 0 bridgehead atoms. The fraction of sp³-hybridized carbons (Fsp3) is 0.346. The Kier molecular flexibility index (Phi) is 6.32. The summed E-state index contributed by atoms with van der Waals surface area (Å²) in [6.07, 6.45) is 7.28. The Morgan fingerprint density at radius 1 is 1.06 bits per heavy atom. The Morgan fingerprint density at radius 3 is 2.47 bits per heavy atom. The molecule has 1 aromatic heterocycles. The van der Waals surface area contributed by atoms with Gasteiger partial charge in [-0.2, -0.15) is 0 Å². The maximum absolute atomic E-state index is 12.9. The van der Waals surface area contributed by atoms with Crippen molar-refractivity contribution in [3.05, 3.63) is 70.5 Å². The van der Waals surface area contributed by atoms with Crippen LogP contribution < -0.4 is 5.32 Å². The predicted molar refractivity (Wildman–Crippen MR) is 130 cm³/mol. The predicted octanol–water partition coefficient (Wildman–Crippen LogP) is 4.82. The number of fused-ring (bicyclic) bond motifs is 2. The Balaban J connectivity index is 1.22. The largest absolute Gasteiger partial charge is 0.325 e. The molecule has 3 aromatic rings. The minimum atomic E-state index is -0.437. The van der Waals surface area contributed by atoms with Crippen LogP contribution >= 0.6 is 11.8 Å². The highest BCUT2D eigenvalue weighted by atomic mass is 32.2. The third-order valence-corrected chi connectivity index (χ3v) is 7.58. The normalized spacial score (nSPS) is 16.3. The molecule has 1 amide bonds. The molecule has 0 radical (unpaired) electrons. The highest BCUT2D eigenvalue weighted by Crippen LogP contribution is 2.30. The SMILES string of the molecule is CC(Sc1n[nH]c(CCC2CCCC2)n1)C(=O)Nc1ccc2c(c1)C(=O)c1ccccc1C2=O. The molecule has 7 nitrogen and oxygen atoms in total. The van der Waals surface area contributed by atoms with Crippen LogP contribution in [0.25, 0.3) is 0 Å². The number of hydrogen-bond donors (Lipinski definition) is 2. The van der Waals surface area contributed by atoms with Gasteiger partial charge < -0.3 is 5.32 Å². The summed E-state index contributed by atoms with van der Waals surface area (Å²) in [5.74, 6) is 1.03. The van der Waals surface area contributed by atoms with Crippen molar-refractivity contribution < 1.29 is 14.4 Å². The Labute approximate surface area is 202 Å². The average Bonchev–Trinajstić information content (AvgIpc) is 3.53. The maximum Gasteiger partial charge on any atom is 0.237 e. The van der Waals surface area contributed by atoms with Gasteiger partial charge in [-0.25, -0.2) is 4.98 Å². The smallest absolute Gasteiger partial charge is 0.237 e. The first-order chi connectivity index (χ1) is 16.5. The van der Waals surface area contributed by atoms with Crippen LogP contribution in [0.5, 0.6) is 0 Å². The van der Waals surface area contributed by atoms with Crippen LogP contribution in [0.3, 0.4) is 0 Å². The fourth-order valence-corrected chi connectivity index (χ4v) is 5.46. The van der Waals surface area contributed by atoms with Gasteiger partial charge in [0.1, 0.15) is 5.82 Å². The monoisotopic (exact) mass is 474 g/mol. The number of aromatic amines is 1. The van der Waals surface area contributed by atoms with Crippen LogP contribution in [0.1, 0.15) is 76.7 Å². The van der Waals surface area contributed by atoms with Crippen molar-refractivity contribution in [2.75, 3.05) is 5.32 Å². The number of aryl methyl sites for hydroxylation is 1. The van der Waals surface area contributed by atoms with Crippen molar-refractivity contribution in [2.45, 2.75) is 55.9 Å². The van der Waals surface area contributed by atoms with E-state index in [0.29, 0.717) is 33.1 Å². The molecule has 1 saturated carbocycles. The summed E-state index contributed by atoms with van der Waals surface area (Å²) < 4.78 is 0. The number of nitrogens with zero attached hydrogens (tertiary/aromatic N) is 2. The van der Waals surface area contributed by atoms with Crippen molar-refractivity contribution >= 4 is 34.9 Å². The molecule has 34 heavy (non-hydrogen) atoms. The van der Waals surface area contributed by atoms with Crippen LogP contribution in [0.15, 0.2) is 47.6 Å². The van der Waals surface area contributed by atoms with E-state index >= 15 is 0 Å². The number of hydrogen-bond acceptors (Lipinski definition) is 6. The Morgan fingerprint density at radius 2 is 1.74 bits per heavy atom. The van der Waals surface area contributed by atoms with Gasteiger partial charge >= 0.3 is 0 Å². The van der Waals surface area contributed by atoms with E-state index in [1.807, 2.05) is 0 Å². The van der Waals surface area contributed by atoms with Crippen molar-refractivity contribution in [3.8, 4) is 0 Å². The molecule has 1 heterocycles. The van der Waals surface area contributed by atoms with Crippen LogP contribution in [0.2, 0.25) is 0 Å². The van der Waals surface area contributed by atoms with E-state index in [1.54, 1.807) is 49.4 Å². The molecular weight excluding hydrogens is 448 g/mol. The maximum atomic E-state index is 12.9. The van der Waals surface area contributed by atoms with E-state index in [-0.39, 0.29) is 17.5 Å². The molecule has 2 N–H and O–H groups in total. The molecule has 1 unspecified atom stereocenters. The van der Waals surface area contributed by atoms with E-state index in [9.17, 15) is 14.4 Å². The molecule has 8 heteroatoms. The number of rotatable bonds is 7. The van der Waals surface area contributed by atoms with Gasteiger partial charge in [0, 0.05) is 34.4 Å². The minimum absolute atomic E-state index is 0.180. The third kappa shape index (κ3) is 4.55. The lowest BCUT2D eigenvalue weighted by molar-refractivity contribution is -0.115. The second-order valence-electron chi connectivity index (χ2n) is 8.97. The van der Waals surface area contributed by atoms with Crippen LogP contribution in [0.4, 0.5) is 5.69 Å². The number of benzene rings is 2. The summed E-state index contributed by atoms with van der Waals surface area (Å²) in [6.45, 7) is 1.79. The fourth-order valence-electron chi connectivity index (χ4n) is 4.71. The van der Waals surface area contributed by atoms with Gasteiger partial charge in [-0.05, 0) is 37.5 Å². The molecule has 0 aliphatic heterocycles. The summed E-state index contributed by atoms with van der Waals surface area (Å²) in [4.78, 5) is 43.0. The van der Waals surface area contributed by atoms with E-state index in [4.69, 9.17) is 0 Å². The number of thioether (sulfide) groups is 1. The van der Waals surface area contributed by atoms with Gasteiger partial charge in [0.25, 0.3) is 0 Å². The molecule has 0 spiro atoms. The summed E-state index contributed by atoms with van der Waals surface area (Å²) >= 11 is 1.28. The van der Waals surface area contributed by atoms with Gasteiger partial charge in [0.05, 0.1) is 5.25 Å². The molecular formula is C26H26N4O3S. The summed E-state index contributed by atoms with van der Waals surface area (Å²) in [5, 5.41) is 10.2. The van der Waals surface area contributed by atoms with Gasteiger partial charge in [0.2, 0.25) is 11.1 Å².